The van der Waals surface area contributed by atoms with E-state index in [1.165, 1.54) is 0 Å². The van der Waals surface area contributed by atoms with Gasteiger partial charge >= 0.3 is 0 Å². The summed E-state index contributed by atoms with van der Waals surface area (Å²) in [5, 5.41) is 7.37. The number of anilines is 2. The third-order valence-electron chi connectivity index (χ3n) is 3.26. The molecule has 5 nitrogen and oxygen atoms in total. The maximum absolute atomic E-state index is 4.50. The summed E-state index contributed by atoms with van der Waals surface area (Å²) in [6.07, 6.45) is 1.88. The summed E-state index contributed by atoms with van der Waals surface area (Å²) in [5.74, 6) is 1.43. The van der Waals surface area contributed by atoms with Crippen LogP contribution in [0.4, 0.5) is 11.8 Å². The molecule has 1 aromatic carbocycles. The van der Waals surface area contributed by atoms with Gasteiger partial charge in [0.2, 0.25) is 5.95 Å². The minimum atomic E-state index is 0.609. The van der Waals surface area contributed by atoms with Crippen LogP contribution in [0.3, 0.4) is 0 Å². The zero-order valence-corrected chi connectivity index (χ0v) is 12.1. The SMILES string of the molecule is CNc1nc(NCc2ccc(C)nc2)c2ccccc2n1. The van der Waals surface area contributed by atoms with E-state index >= 15 is 0 Å². The molecule has 0 bridgehead atoms. The Kier molecular flexibility index (Phi) is 3.64. The van der Waals surface area contributed by atoms with Crippen molar-refractivity contribution < 1.29 is 0 Å². The van der Waals surface area contributed by atoms with Crippen LogP contribution < -0.4 is 10.6 Å². The van der Waals surface area contributed by atoms with E-state index in [4.69, 9.17) is 0 Å². The van der Waals surface area contributed by atoms with Gasteiger partial charge in [-0.15, -0.1) is 0 Å². The molecule has 21 heavy (non-hydrogen) atoms. The highest BCUT2D eigenvalue weighted by molar-refractivity contribution is 5.89. The summed E-state index contributed by atoms with van der Waals surface area (Å²) >= 11 is 0. The lowest BCUT2D eigenvalue weighted by Crippen LogP contribution is -2.06. The van der Waals surface area contributed by atoms with Gasteiger partial charge in [-0.25, -0.2) is 4.98 Å². The number of hydrogen-bond acceptors (Lipinski definition) is 5. The lowest BCUT2D eigenvalue weighted by atomic mass is 10.2. The third-order valence-corrected chi connectivity index (χ3v) is 3.26. The molecule has 106 valence electrons. The number of benzene rings is 1. The van der Waals surface area contributed by atoms with E-state index in [0.29, 0.717) is 12.5 Å². The molecule has 0 atom stereocenters. The Hall–Kier alpha value is -2.69. The van der Waals surface area contributed by atoms with Gasteiger partial charge in [0.25, 0.3) is 0 Å². The molecule has 3 aromatic rings. The average molecular weight is 279 g/mol. The number of aromatic nitrogens is 3. The van der Waals surface area contributed by atoms with Crippen LogP contribution in [0.25, 0.3) is 10.9 Å². The predicted octanol–water partition coefficient (Wildman–Crippen LogP) is 2.99. The van der Waals surface area contributed by atoms with Crippen molar-refractivity contribution in [1.82, 2.24) is 15.0 Å². The van der Waals surface area contributed by atoms with Crippen molar-refractivity contribution >= 4 is 22.7 Å². The first-order valence-corrected chi connectivity index (χ1v) is 6.86. The Balaban J connectivity index is 1.90. The second-order valence-corrected chi connectivity index (χ2v) is 4.82. The van der Waals surface area contributed by atoms with Crippen LogP contribution in [0.1, 0.15) is 11.3 Å². The molecule has 0 radical (unpaired) electrons. The van der Waals surface area contributed by atoms with Crippen LogP contribution in [0.15, 0.2) is 42.6 Å². The average Bonchev–Trinajstić information content (AvgIpc) is 2.53. The molecule has 3 rings (SSSR count). The molecule has 2 aromatic heterocycles. The quantitative estimate of drug-likeness (QED) is 0.768. The molecule has 0 aliphatic carbocycles. The molecule has 0 unspecified atom stereocenters. The Morgan fingerprint density at radius 1 is 1.05 bits per heavy atom. The standard InChI is InChI=1S/C16H17N5/c1-11-7-8-12(9-18-11)10-19-15-13-5-3-4-6-14(13)20-16(17-2)21-15/h3-9H,10H2,1-2H3,(H2,17,19,20,21). The normalized spacial score (nSPS) is 10.6. The highest BCUT2D eigenvalue weighted by Crippen LogP contribution is 2.22. The van der Waals surface area contributed by atoms with E-state index in [9.17, 15) is 0 Å². The van der Waals surface area contributed by atoms with E-state index in [2.05, 4.69) is 31.7 Å². The van der Waals surface area contributed by atoms with Crippen LogP contribution in [-0.2, 0) is 6.54 Å². The number of fused-ring (bicyclic) bond motifs is 1. The second-order valence-electron chi connectivity index (χ2n) is 4.82. The van der Waals surface area contributed by atoms with Crippen molar-refractivity contribution in [3.05, 3.63) is 53.9 Å². The molecule has 0 saturated heterocycles. The maximum Gasteiger partial charge on any atom is 0.224 e. The van der Waals surface area contributed by atoms with Crippen LogP contribution in [0, 0.1) is 6.92 Å². The molecule has 0 aliphatic heterocycles. The molecule has 0 spiro atoms. The minimum Gasteiger partial charge on any atom is -0.365 e. The fraction of sp³-hybridized carbons (Fsp3) is 0.188. The largest absolute Gasteiger partial charge is 0.365 e. The summed E-state index contributed by atoms with van der Waals surface area (Å²) in [7, 11) is 1.82. The van der Waals surface area contributed by atoms with Gasteiger partial charge in [0.1, 0.15) is 5.82 Å². The van der Waals surface area contributed by atoms with E-state index in [-0.39, 0.29) is 0 Å². The number of para-hydroxylation sites is 1. The van der Waals surface area contributed by atoms with Gasteiger partial charge in [0, 0.05) is 30.9 Å². The molecular formula is C16H17N5. The number of pyridine rings is 1. The fourth-order valence-electron chi connectivity index (χ4n) is 2.11. The maximum atomic E-state index is 4.50. The first kappa shape index (κ1) is 13.3. The van der Waals surface area contributed by atoms with Crippen molar-refractivity contribution in [3.63, 3.8) is 0 Å². The first-order valence-electron chi connectivity index (χ1n) is 6.86. The number of nitrogens with zero attached hydrogens (tertiary/aromatic N) is 3. The highest BCUT2D eigenvalue weighted by atomic mass is 15.1. The van der Waals surface area contributed by atoms with Gasteiger partial charge in [0.05, 0.1) is 5.52 Å². The van der Waals surface area contributed by atoms with E-state index in [1.807, 2.05) is 50.5 Å². The number of rotatable bonds is 4. The zero-order valence-electron chi connectivity index (χ0n) is 12.1. The Morgan fingerprint density at radius 2 is 1.90 bits per heavy atom. The summed E-state index contributed by atoms with van der Waals surface area (Å²) in [5.41, 5.74) is 3.05. The molecule has 0 fully saturated rings. The molecular weight excluding hydrogens is 262 g/mol. The van der Waals surface area contributed by atoms with Crippen molar-refractivity contribution in [2.45, 2.75) is 13.5 Å². The summed E-state index contributed by atoms with van der Waals surface area (Å²) < 4.78 is 0. The molecule has 5 heteroatoms. The van der Waals surface area contributed by atoms with Gasteiger partial charge in [-0.2, -0.15) is 4.98 Å². The fourth-order valence-corrected chi connectivity index (χ4v) is 2.11. The summed E-state index contributed by atoms with van der Waals surface area (Å²) in [4.78, 5) is 13.2. The minimum absolute atomic E-state index is 0.609. The smallest absolute Gasteiger partial charge is 0.224 e. The summed E-state index contributed by atoms with van der Waals surface area (Å²) in [6, 6.07) is 12.0. The van der Waals surface area contributed by atoms with Crippen LogP contribution in [0.5, 0.6) is 0 Å². The lowest BCUT2D eigenvalue weighted by molar-refractivity contribution is 1.06. The van der Waals surface area contributed by atoms with Gasteiger partial charge < -0.3 is 10.6 Å². The number of hydrogen-bond donors (Lipinski definition) is 2. The van der Waals surface area contributed by atoms with Crippen LogP contribution in [0.2, 0.25) is 0 Å². The molecule has 0 aliphatic rings. The van der Waals surface area contributed by atoms with Crippen molar-refractivity contribution in [2.24, 2.45) is 0 Å². The Morgan fingerprint density at radius 3 is 2.67 bits per heavy atom. The van der Waals surface area contributed by atoms with Crippen LogP contribution >= 0.6 is 0 Å². The topological polar surface area (TPSA) is 62.7 Å². The molecule has 2 N–H and O–H groups in total. The van der Waals surface area contributed by atoms with Crippen molar-refractivity contribution in [3.8, 4) is 0 Å². The van der Waals surface area contributed by atoms with E-state index in [1.54, 1.807) is 0 Å². The zero-order chi connectivity index (χ0) is 14.7. The second kappa shape index (κ2) is 5.75. The first-order chi connectivity index (χ1) is 10.3. The van der Waals surface area contributed by atoms with Crippen molar-refractivity contribution in [1.29, 1.82) is 0 Å². The van der Waals surface area contributed by atoms with Gasteiger partial charge in [-0.3, -0.25) is 4.98 Å². The van der Waals surface area contributed by atoms with E-state index in [0.717, 1.165) is 28.0 Å². The monoisotopic (exact) mass is 279 g/mol. The molecule has 2 heterocycles. The Bertz CT molecular complexity index is 752. The van der Waals surface area contributed by atoms with Gasteiger partial charge in [-0.1, -0.05) is 18.2 Å². The van der Waals surface area contributed by atoms with Crippen LogP contribution in [-0.4, -0.2) is 22.0 Å². The highest BCUT2D eigenvalue weighted by Gasteiger charge is 2.06. The lowest BCUT2D eigenvalue weighted by Gasteiger charge is -2.10. The third kappa shape index (κ3) is 2.91. The summed E-state index contributed by atoms with van der Waals surface area (Å²) in [6.45, 7) is 2.66. The number of aryl methyl sites for hydroxylation is 1. The molecule has 0 saturated carbocycles. The van der Waals surface area contributed by atoms with Gasteiger partial charge in [0.15, 0.2) is 0 Å². The van der Waals surface area contributed by atoms with Gasteiger partial charge in [-0.05, 0) is 30.7 Å². The Labute approximate surface area is 123 Å². The van der Waals surface area contributed by atoms with Crippen molar-refractivity contribution in [2.75, 3.05) is 17.7 Å². The molecule has 0 amide bonds. The van der Waals surface area contributed by atoms with E-state index < -0.39 is 0 Å². The predicted molar refractivity (Wildman–Crippen MR) is 85.4 cm³/mol. The number of nitrogens with one attached hydrogen (secondary N) is 2.